The Labute approximate surface area is 72.2 Å². The zero-order valence-electron chi connectivity index (χ0n) is 6.77. The Balaban J connectivity index is 2.39. The van der Waals surface area contributed by atoms with Crippen molar-refractivity contribution < 1.29 is 0 Å². The zero-order chi connectivity index (χ0) is 8.65. The van der Waals surface area contributed by atoms with Gasteiger partial charge in [0.05, 0.1) is 19.0 Å². The normalized spacial score (nSPS) is 9.92. The summed E-state index contributed by atoms with van der Waals surface area (Å²) in [6, 6.07) is 12.0. The van der Waals surface area contributed by atoms with E-state index in [0.29, 0.717) is 13.0 Å². The summed E-state index contributed by atoms with van der Waals surface area (Å²) in [5, 5.41) is 8.22. The van der Waals surface area contributed by atoms with E-state index in [9.17, 15) is 0 Å². The Hall–Kier alpha value is -1.62. The van der Waals surface area contributed by atoms with Crippen molar-refractivity contribution in [3.05, 3.63) is 35.9 Å². The quantitative estimate of drug-likeness (QED) is 0.621. The topological polar surface area (TPSA) is 36.1 Å². The number of aliphatic imine (C=N–C) groups is 1. The fraction of sp³-hybridized carbons (Fsp3) is 0.200. The Morgan fingerprint density at radius 3 is 2.75 bits per heavy atom. The van der Waals surface area contributed by atoms with Crippen LogP contribution < -0.4 is 0 Å². The van der Waals surface area contributed by atoms with E-state index < -0.39 is 0 Å². The number of nitrogens with zero attached hydrogens (tertiary/aromatic N) is 2. The van der Waals surface area contributed by atoms with Crippen LogP contribution in [0.3, 0.4) is 0 Å². The van der Waals surface area contributed by atoms with Crippen molar-refractivity contribution in [1.29, 1.82) is 5.26 Å². The third-order valence-electron chi connectivity index (χ3n) is 1.43. The number of rotatable bonds is 3. The number of benzene rings is 1. The summed E-state index contributed by atoms with van der Waals surface area (Å²) >= 11 is 0. The van der Waals surface area contributed by atoms with Crippen molar-refractivity contribution in [1.82, 2.24) is 0 Å². The van der Waals surface area contributed by atoms with Gasteiger partial charge in [-0.2, -0.15) is 5.26 Å². The lowest BCUT2D eigenvalue weighted by Crippen LogP contribution is -1.80. The second-order valence-electron chi connectivity index (χ2n) is 2.37. The summed E-state index contributed by atoms with van der Waals surface area (Å²) in [5.41, 5.74) is 1.17. The minimum Gasteiger partial charge on any atom is -0.292 e. The molecule has 0 spiro atoms. The van der Waals surface area contributed by atoms with Gasteiger partial charge in [0.1, 0.15) is 0 Å². The first kappa shape index (κ1) is 8.48. The Kier molecular flexibility index (Phi) is 3.59. The van der Waals surface area contributed by atoms with Crippen molar-refractivity contribution in [2.75, 3.05) is 0 Å². The first-order chi connectivity index (χ1) is 5.93. The molecule has 60 valence electrons. The summed E-state index contributed by atoms with van der Waals surface area (Å²) in [7, 11) is 0. The Bertz CT molecular complexity index is 282. The lowest BCUT2D eigenvalue weighted by atomic mass is 10.2. The summed E-state index contributed by atoms with van der Waals surface area (Å²) in [6.45, 7) is 0.669. The molecule has 2 nitrogen and oxygen atoms in total. The van der Waals surface area contributed by atoms with Crippen LogP contribution in [0.15, 0.2) is 35.3 Å². The number of hydrogen-bond acceptors (Lipinski definition) is 2. The van der Waals surface area contributed by atoms with Crippen molar-refractivity contribution in [3.63, 3.8) is 0 Å². The van der Waals surface area contributed by atoms with Gasteiger partial charge in [-0.05, 0) is 5.56 Å². The molecule has 0 aromatic heterocycles. The van der Waals surface area contributed by atoms with Crippen LogP contribution in [-0.2, 0) is 6.54 Å². The van der Waals surface area contributed by atoms with E-state index in [1.54, 1.807) is 6.21 Å². The summed E-state index contributed by atoms with van der Waals surface area (Å²) in [5.74, 6) is 0. The van der Waals surface area contributed by atoms with Gasteiger partial charge in [-0.1, -0.05) is 30.3 Å². The zero-order valence-corrected chi connectivity index (χ0v) is 6.77. The average molecular weight is 158 g/mol. The van der Waals surface area contributed by atoms with Crippen LogP contribution in [0.5, 0.6) is 0 Å². The van der Waals surface area contributed by atoms with Gasteiger partial charge in [-0.25, -0.2) is 0 Å². The molecule has 12 heavy (non-hydrogen) atoms. The molecule has 0 heterocycles. The molecule has 1 aromatic carbocycles. The molecule has 2 heteroatoms. The molecule has 0 saturated heterocycles. The molecule has 0 aliphatic rings. The lowest BCUT2D eigenvalue weighted by Gasteiger charge is -1.92. The summed E-state index contributed by atoms with van der Waals surface area (Å²) in [6.07, 6.45) is 2.04. The Morgan fingerprint density at radius 1 is 1.33 bits per heavy atom. The Morgan fingerprint density at radius 2 is 2.08 bits per heavy atom. The van der Waals surface area contributed by atoms with E-state index in [-0.39, 0.29) is 0 Å². The summed E-state index contributed by atoms with van der Waals surface area (Å²) < 4.78 is 0. The van der Waals surface area contributed by atoms with Crippen LogP contribution in [0.4, 0.5) is 0 Å². The molecule has 1 aromatic rings. The van der Waals surface area contributed by atoms with E-state index in [0.717, 1.165) is 0 Å². The third-order valence-corrected chi connectivity index (χ3v) is 1.43. The molecule has 0 aliphatic heterocycles. The van der Waals surface area contributed by atoms with E-state index in [1.807, 2.05) is 36.4 Å². The minimum atomic E-state index is 0.396. The van der Waals surface area contributed by atoms with Gasteiger partial charge < -0.3 is 0 Å². The van der Waals surface area contributed by atoms with Gasteiger partial charge in [0, 0.05) is 6.21 Å². The highest BCUT2D eigenvalue weighted by Gasteiger charge is 1.84. The van der Waals surface area contributed by atoms with Crippen molar-refractivity contribution in [2.45, 2.75) is 13.0 Å². The first-order valence-corrected chi connectivity index (χ1v) is 3.82. The molecule has 0 atom stereocenters. The number of nitriles is 1. The SMILES string of the molecule is N#CCC=NCc1ccccc1. The molecule has 0 N–H and O–H groups in total. The first-order valence-electron chi connectivity index (χ1n) is 3.82. The maximum absolute atomic E-state index is 8.22. The van der Waals surface area contributed by atoms with Gasteiger partial charge in [-0.3, -0.25) is 4.99 Å². The van der Waals surface area contributed by atoms with E-state index >= 15 is 0 Å². The van der Waals surface area contributed by atoms with E-state index in [4.69, 9.17) is 5.26 Å². The van der Waals surface area contributed by atoms with E-state index in [1.165, 1.54) is 5.56 Å². The lowest BCUT2D eigenvalue weighted by molar-refractivity contribution is 1.07. The maximum Gasteiger partial charge on any atom is 0.0700 e. The van der Waals surface area contributed by atoms with Gasteiger partial charge >= 0.3 is 0 Å². The van der Waals surface area contributed by atoms with Crippen LogP contribution in [0.2, 0.25) is 0 Å². The molecule has 0 fully saturated rings. The molecule has 0 amide bonds. The predicted octanol–water partition coefficient (Wildman–Crippen LogP) is 2.17. The van der Waals surface area contributed by atoms with Crippen LogP contribution >= 0.6 is 0 Å². The maximum atomic E-state index is 8.22. The molecular formula is C10H10N2. The molecular weight excluding hydrogens is 148 g/mol. The van der Waals surface area contributed by atoms with Gasteiger partial charge in [-0.15, -0.1) is 0 Å². The average Bonchev–Trinajstić information content (AvgIpc) is 2.14. The second kappa shape index (κ2) is 5.09. The van der Waals surface area contributed by atoms with Crippen molar-refractivity contribution >= 4 is 6.21 Å². The minimum absolute atomic E-state index is 0.396. The summed E-state index contributed by atoms with van der Waals surface area (Å²) in [4.78, 5) is 4.08. The van der Waals surface area contributed by atoms with Crippen molar-refractivity contribution in [3.8, 4) is 6.07 Å². The van der Waals surface area contributed by atoms with Crippen LogP contribution in [0.1, 0.15) is 12.0 Å². The molecule has 0 unspecified atom stereocenters. The van der Waals surface area contributed by atoms with Gasteiger partial charge in [0.2, 0.25) is 0 Å². The fourth-order valence-electron chi connectivity index (χ4n) is 0.859. The van der Waals surface area contributed by atoms with Crippen LogP contribution in [0.25, 0.3) is 0 Å². The smallest absolute Gasteiger partial charge is 0.0700 e. The van der Waals surface area contributed by atoms with Gasteiger partial charge in [0.15, 0.2) is 0 Å². The number of hydrogen-bond donors (Lipinski definition) is 0. The largest absolute Gasteiger partial charge is 0.292 e. The molecule has 0 saturated carbocycles. The van der Waals surface area contributed by atoms with Crippen LogP contribution in [-0.4, -0.2) is 6.21 Å². The predicted molar refractivity (Wildman–Crippen MR) is 48.9 cm³/mol. The monoisotopic (exact) mass is 158 g/mol. The highest BCUT2D eigenvalue weighted by atomic mass is 14.7. The third kappa shape index (κ3) is 2.98. The molecule has 0 aliphatic carbocycles. The van der Waals surface area contributed by atoms with Gasteiger partial charge in [0.25, 0.3) is 0 Å². The molecule has 0 bridgehead atoms. The fourth-order valence-corrected chi connectivity index (χ4v) is 0.859. The second-order valence-corrected chi connectivity index (χ2v) is 2.37. The molecule has 1 rings (SSSR count). The standard InChI is InChI=1S/C10H10N2/c11-7-4-8-12-9-10-5-2-1-3-6-10/h1-3,5-6,8H,4,9H2. The van der Waals surface area contributed by atoms with E-state index in [2.05, 4.69) is 4.99 Å². The molecule has 0 radical (unpaired) electrons. The highest BCUT2D eigenvalue weighted by Crippen LogP contribution is 1.99. The highest BCUT2D eigenvalue weighted by molar-refractivity contribution is 5.60. The van der Waals surface area contributed by atoms with Crippen molar-refractivity contribution in [2.24, 2.45) is 4.99 Å². The van der Waals surface area contributed by atoms with Crippen LogP contribution in [0, 0.1) is 11.3 Å².